The molecule has 0 aliphatic heterocycles. The zero-order valence-corrected chi connectivity index (χ0v) is 14.6. The maximum absolute atomic E-state index is 5.68. The highest BCUT2D eigenvalue weighted by molar-refractivity contribution is 7.15. The van der Waals surface area contributed by atoms with Gasteiger partial charge in [-0.25, -0.2) is 14.6 Å². The van der Waals surface area contributed by atoms with Crippen LogP contribution in [0.1, 0.15) is 23.4 Å². The molecule has 0 saturated heterocycles. The van der Waals surface area contributed by atoms with Crippen molar-refractivity contribution in [3.8, 4) is 5.69 Å². The van der Waals surface area contributed by atoms with Crippen LogP contribution >= 0.6 is 23.7 Å². The van der Waals surface area contributed by atoms with Gasteiger partial charge in [0.1, 0.15) is 12.7 Å². The second-order valence-electron chi connectivity index (χ2n) is 5.19. The standard InChI is InChI=1S/C15H18N6S.ClH/c1-11(20(2)8-14-7-18-15(16)22-14)12-3-5-13(6-4-12)21-10-17-9-19-21;/h3-7,9-11H,8H2,1-2H3,(H2,16,18);1H. The van der Waals surface area contributed by atoms with Gasteiger partial charge in [0.15, 0.2) is 5.13 Å². The van der Waals surface area contributed by atoms with E-state index < -0.39 is 0 Å². The van der Waals surface area contributed by atoms with Crippen molar-refractivity contribution in [3.63, 3.8) is 0 Å². The van der Waals surface area contributed by atoms with Gasteiger partial charge in [0.25, 0.3) is 0 Å². The maximum Gasteiger partial charge on any atom is 0.180 e. The Balaban J connectivity index is 0.00000192. The Kier molecular flexibility index (Phi) is 5.70. The zero-order chi connectivity index (χ0) is 15.5. The van der Waals surface area contributed by atoms with Crippen LogP contribution < -0.4 is 5.73 Å². The van der Waals surface area contributed by atoms with Gasteiger partial charge >= 0.3 is 0 Å². The first-order valence-electron chi connectivity index (χ1n) is 6.99. The summed E-state index contributed by atoms with van der Waals surface area (Å²) in [4.78, 5) is 11.5. The predicted octanol–water partition coefficient (Wildman–Crippen LogP) is 2.92. The topological polar surface area (TPSA) is 72.9 Å². The summed E-state index contributed by atoms with van der Waals surface area (Å²) in [5.41, 5.74) is 7.94. The molecule has 3 rings (SSSR count). The van der Waals surface area contributed by atoms with Gasteiger partial charge in [0.2, 0.25) is 0 Å². The molecule has 0 amide bonds. The van der Waals surface area contributed by atoms with Gasteiger partial charge in [-0.15, -0.1) is 23.7 Å². The molecule has 6 nitrogen and oxygen atoms in total. The van der Waals surface area contributed by atoms with Crippen LogP contribution in [0.5, 0.6) is 0 Å². The zero-order valence-electron chi connectivity index (χ0n) is 13.0. The lowest BCUT2D eigenvalue weighted by Crippen LogP contribution is -2.21. The molecule has 2 heterocycles. The number of aromatic nitrogens is 4. The highest BCUT2D eigenvalue weighted by Crippen LogP contribution is 2.24. The SMILES string of the molecule is CC(c1ccc(-n2cncn2)cc1)N(C)Cc1cnc(N)s1.Cl. The highest BCUT2D eigenvalue weighted by Gasteiger charge is 2.13. The largest absolute Gasteiger partial charge is 0.375 e. The molecular weight excluding hydrogens is 332 g/mol. The number of hydrogen-bond acceptors (Lipinski definition) is 6. The molecule has 8 heteroatoms. The Morgan fingerprint density at radius 2 is 2.04 bits per heavy atom. The highest BCUT2D eigenvalue weighted by atomic mass is 35.5. The van der Waals surface area contributed by atoms with Crippen LogP contribution in [0.15, 0.2) is 43.1 Å². The molecule has 3 aromatic rings. The molecule has 0 aliphatic rings. The number of anilines is 1. The molecular formula is C15H19ClN6S. The normalized spacial score (nSPS) is 12.1. The molecule has 0 radical (unpaired) electrons. The monoisotopic (exact) mass is 350 g/mol. The third-order valence-electron chi connectivity index (χ3n) is 3.70. The van der Waals surface area contributed by atoms with E-state index in [9.17, 15) is 0 Å². The maximum atomic E-state index is 5.68. The minimum atomic E-state index is 0. The molecule has 1 atom stereocenters. The summed E-state index contributed by atoms with van der Waals surface area (Å²) < 4.78 is 1.75. The van der Waals surface area contributed by atoms with Crippen LogP contribution in [-0.4, -0.2) is 31.7 Å². The van der Waals surface area contributed by atoms with Crippen molar-refractivity contribution < 1.29 is 0 Å². The second-order valence-corrected chi connectivity index (χ2v) is 6.33. The number of rotatable bonds is 5. The molecule has 122 valence electrons. The lowest BCUT2D eigenvalue weighted by Gasteiger charge is -2.24. The summed E-state index contributed by atoms with van der Waals surface area (Å²) in [6.45, 7) is 3.02. The van der Waals surface area contributed by atoms with E-state index in [2.05, 4.69) is 58.2 Å². The van der Waals surface area contributed by atoms with Crippen molar-refractivity contribution >= 4 is 28.9 Å². The van der Waals surface area contributed by atoms with Crippen LogP contribution in [0.4, 0.5) is 5.13 Å². The van der Waals surface area contributed by atoms with Gasteiger partial charge in [0, 0.05) is 23.7 Å². The lowest BCUT2D eigenvalue weighted by molar-refractivity contribution is 0.255. The molecule has 0 bridgehead atoms. The first-order valence-corrected chi connectivity index (χ1v) is 7.80. The molecule has 0 fully saturated rings. The summed E-state index contributed by atoms with van der Waals surface area (Å²) in [5, 5.41) is 4.75. The molecule has 0 spiro atoms. The van der Waals surface area contributed by atoms with Gasteiger partial charge in [-0.3, -0.25) is 4.90 Å². The second kappa shape index (κ2) is 7.54. The number of hydrogen-bond donors (Lipinski definition) is 1. The summed E-state index contributed by atoms with van der Waals surface area (Å²) in [6, 6.07) is 8.66. The summed E-state index contributed by atoms with van der Waals surface area (Å²) in [5.74, 6) is 0. The first-order chi connectivity index (χ1) is 10.6. The third kappa shape index (κ3) is 4.07. The van der Waals surface area contributed by atoms with Crippen LogP contribution in [0.25, 0.3) is 5.69 Å². The van der Waals surface area contributed by atoms with Crippen LogP contribution in [0.3, 0.4) is 0 Å². The molecule has 2 aromatic heterocycles. The van der Waals surface area contributed by atoms with Crippen molar-refractivity contribution in [2.75, 3.05) is 12.8 Å². The van der Waals surface area contributed by atoms with Crippen LogP contribution in [0, 0.1) is 0 Å². The van der Waals surface area contributed by atoms with E-state index in [1.54, 1.807) is 11.0 Å². The number of halogens is 1. The Morgan fingerprint density at radius 3 is 2.61 bits per heavy atom. The minimum absolute atomic E-state index is 0. The average Bonchev–Trinajstić information content (AvgIpc) is 3.18. The lowest BCUT2D eigenvalue weighted by atomic mass is 10.1. The average molecular weight is 351 g/mol. The first kappa shape index (κ1) is 17.4. The Morgan fingerprint density at radius 1 is 1.30 bits per heavy atom. The quantitative estimate of drug-likeness (QED) is 0.765. The number of nitrogens with two attached hydrogens (primary N) is 1. The number of nitrogen functional groups attached to an aromatic ring is 1. The fourth-order valence-electron chi connectivity index (χ4n) is 2.28. The van der Waals surface area contributed by atoms with E-state index in [1.165, 1.54) is 28.1 Å². The van der Waals surface area contributed by atoms with E-state index in [0.29, 0.717) is 11.2 Å². The van der Waals surface area contributed by atoms with E-state index in [4.69, 9.17) is 5.73 Å². The summed E-state index contributed by atoms with van der Waals surface area (Å²) >= 11 is 1.54. The molecule has 23 heavy (non-hydrogen) atoms. The smallest absolute Gasteiger partial charge is 0.180 e. The Bertz CT molecular complexity index is 725. The fourth-order valence-corrected chi connectivity index (χ4v) is 3.03. The van der Waals surface area contributed by atoms with E-state index in [0.717, 1.165) is 12.2 Å². The van der Waals surface area contributed by atoms with Gasteiger partial charge in [-0.1, -0.05) is 12.1 Å². The molecule has 1 unspecified atom stereocenters. The van der Waals surface area contributed by atoms with Crippen molar-refractivity contribution in [2.45, 2.75) is 19.5 Å². The Labute approximate surface area is 145 Å². The molecule has 0 aliphatic carbocycles. The Hall–Kier alpha value is -1.96. The van der Waals surface area contributed by atoms with Crippen LogP contribution in [0.2, 0.25) is 0 Å². The van der Waals surface area contributed by atoms with Crippen molar-refractivity contribution in [2.24, 2.45) is 0 Å². The number of benzene rings is 1. The van der Waals surface area contributed by atoms with Gasteiger partial charge in [-0.2, -0.15) is 5.10 Å². The van der Waals surface area contributed by atoms with Gasteiger partial charge < -0.3 is 5.73 Å². The third-order valence-corrected chi connectivity index (χ3v) is 4.51. The van der Waals surface area contributed by atoms with E-state index in [-0.39, 0.29) is 12.4 Å². The molecule has 2 N–H and O–H groups in total. The predicted molar refractivity (Wildman–Crippen MR) is 95.0 cm³/mol. The molecule has 0 saturated carbocycles. The molecule has 1 aromatic carbocycles. The number of nitrogens with zero attached hydrogens (tertiary/aromatic N) is 5. The van der Waals surface area contributed by atoms with Gasteiger partial charge in [-0.05, 0) is 31.7 Å². The fraction of sp³-hybridized carbons (Fsp3) is 0.267. The summed E-state index contributed by atoms with van der Waals surface area (Å²) in [6.07, 6.45) is 5.07. The van der Waals surface area contributed by atoms with Gasteiger partial charge in [0.05, 0.1) is 5.69 Å². The van der Waals surface area contributed by atoms with Crippen molar-refractivity contribution in [1.82, 2.24) is 24.6 Å². The van der Waals surface area contributed by atoms with E-state index >= 15 is 0 Å². The van der Waals surface area contributed by atoms with Crippen molar-refractivity contribution in [3.05, 3.63) is 53.6 Å². The summed E-state index contributed by atoms with van der Waals surface area (Å²) in [7, 11) is 2.10. The van der Waals surface area contributed by atoms with Crippen LogP contribution in [-0.2, 0) is 6.54 Å². The minimum Gasteiger partial charge on any atom is -0.375 e. The van der Waals surface area contributed by atoms with E-state index in [1.807, 2.05) is 6.20 Å². The number of thiazole rings is 1. The van der Waals surface area contributed by atoms with Crippen molar-refractivity contribution in [1.29, 1.82) is 0 Å².